The Hall–Kier alpha value is -1.35. The first kappa shape index (κ1) is 11.1. The van der Waals surface area contributed by atoms with Crippen LogP contribution in [-0.2, 0) is 6.42 Å². The van der Waals surface area contributed by atoms with Crippen LogP contribution >= 0.6 is 0 Å². The zero-order valence-electron chi connectivity index (χ0n) is 9.89. The van der Waals surface area contributed by atoms with E-state index < -0.39 is 0 Å². The maximum absolute atomic E-state index is 4.44. The van der Waals surface area contributed by atoms with Crippen LogP contribution < -0.4 is 4.90 Å². The maximum Gasteiger partial charge on any atom is 0.128 e. The Morgan fingerprint density at radius 3 is 2.81 bits per heavy atom. The number of piperazine rings is 1. The Balaban J connectivity index is 2.08. The van der Waals surface area contributed by atoms with Crippen molar-refractivity contribution in [1.82, 2.24) is 9.88 Å². The number of aromatic nitrogens is 1. The van der Waals surface area contributed by atoms with Crippen LogP contribution in [0.4, 0.5) is 5.82 Å². The molecule has 1 aromatic rings. The van der Waals surface area contributed by atoms with E-state index in [9.17, 15) is 0 Å². The van der Waals surface area contributed by atoms with Crippen molar-refractivity contribution in [2.75, 3.05) is 38.1 Å². The summed E-state index contributed by atoms with van der Waals surface area (Å²) in [6.07, 6.45) is 4.75. The van der Waals surface area contributed by atoms with E-state index in [1.807, 2.05) is 12.3 Å². The number of rotatable bonds is 3. The summed E-state index contributed by atoms with van der Waals surface area (Å²) in [6.45, 7) is 8.15. The van der Waals surface area contributed by atoms with E-state index in [-0.39, 0.29) is 0 Å². The summed E-state index contributed by atoms with van der Waals surface area (Å²) < 4.78 is 0. The molecule has 0 radical (unpaired) electrons. The standard InChI is InChI=1S/C13H19N3/c1-3-4-12-5-6-14-13(11-12)16-9-7-15(2)8-10-16/h3,5-6,11H,1,4,7-10H2,2H3. The van der Waals surface area contributed by atoms with Crippen molar-refractivity contribution in [2.45, 2.75) is 6.42 Å². The summed E-state index contributed by atoms with van der Waals surface area (Å²) in [5, 5.41) is 0. The molecule has 1 saturated heterocycles. The Labute approximate surface area is 97.4 Å². The lowest BCUT2D eigenvalue weighted by molar-refractivity contribution is 0.312. The number of likely N-dealkylation sites (N-methyl/N-ethyl adjacent to an activating group) is 1. The molecule has 1 fully saturated rings. The Morgan fingerprint density at radius 1 is 1.38 bits per heavy atom. The van der Waals surface area contributed by atoms with Crippen LogP contribution in [0.25, 0.3) is 0 Å². The first-order valence-corrected chi connectivity index (χ1v) is 5.79. The minimum atomic E-state index is 0.920. The fourth-order valence-electron chi connectivity index (χ4n) is 1.96. The van der Waals surface area contributed by atoms with Crippen molar-refractivity contribution < 1.29 is 0 Å². The van der Waals surface area contributed by atoms with E-state index in [0.29, 0.717) is 0 Å². The second-order valence-corrected chi connectivity index (χ2v) is 4.31. The molecule has 16 heavy (non-hydrogen) atoms. The molecule has 0 bridgehead atoms. The van der Waals surface area contributed by atoms with Crippen LogP contribution in [0.1, 0.15) is 5.56 Å². The SMILES string of the molecule is C=CCc1ccnc(N2CCN(C)CC2)c1. The number of allylic oxidation sites excluding steroid dienone is 1. The second kappa shape index (κ2) is 5.12. The molecule has 0 atom stereocenters. The van der Waals surface area contributed by atoms with Gasteiger partial charge in [0.05, 0.1) is 0 Å². The molecule has 2 rings (SSSR count). The highest BCUT2D eigenvalue weighted by atomic mass is 15.3. The van der Waals surface area contributed by atoms with E-state index in [1.54, 1.807) is 0 Å². The normalized spacial score (nSPS) is 17.4. The number of hydrogen-bond donors (Lipinski definition) is 0. The molecular formula is C13H19N3. The summed E-state index contributed by atoms with van der Waals surface area (Å²) in [4.78, 5) is 9.15. The van der Waals surface area contributed by atoms with Gasteiger partial charge < -0.3 is 9.80 Å². The topological polar surface area (TPSA) is 19.4 Å². The summed E-state index contributed by atoms with van der Waals surface area (Å²) in [6, 6.07) is 4.23. The molecule has 3 nitrogen and oxygen atoms in total. The molecule has 1 aliphatic heterocycles. The van der Waals surface area contributed by atoms with Gasteiger partial charge in [-0.15, -0.1) is 6.58 Å². The molecule has 0 N–H and O–H groups in total. The van der Waals surface area contributed by atoms with E-state index in [1.165, 1.54) is 5.56 Å². The molecule has 0 spiro atoms. The van der Waals surface area contributed by atoms with Crippen molar-refractivity contribution in [3.8, 4) is 0 Å². The molecule has 86 valence electrons. The highest BCUT2D eigenvalue weighted by Crippen LogP contribution is 2.15. The Bertz CT molecular complexity index is 354. The Kier molecular flexibility index (Phi) is 3.57. The number of anilines is 1. The smallest absolute Gasteiger partial charge is 0.128 e. The quantitative estimate of drug-likeness (QED) is 0.716. The van der Waals surface area contributed by atoms with Crippen LogP contribution in [-0.4, -0.2) is 43.1 Å². The fourth-order valence-corrected chi connectivity index (χ4v) is 1.96. The molecule has 1 aliphatic rings. The van der Waals surface area contributed by atoms with Crippen molar-refractivity contribution in [3.05, 3.63) is 36.5 Å². The molecule has 0 amide bonds. The zero-order chi connectivity index (χ0) is 11.4. The van der Waals surface area contributed by atoms with Gasteiger partial charge in [-0.05, 0) is 31.2 Å². The second-order valence-electron chi connectivity index (χ2n) is 4.31. The number of pyridine rings is 1. The highest BCUT2D eigenvalue weighted by molar-refractivity contribution is 5.41. The van der Waals surface area contributed by atoms with Crippen LogP contribution in [0.5, 0.6) is 0 Å². The molecule has 0 aliphatic carbocycles. The van der Waals surface area contributed by atoms with Crippen LogP contribution in [0.15, 0.2) is 31.0 Å². The van der Waals surface area contributed by atoms with Crippen LogP contribution in [0, 0.1) is 0 Å². The van der Waals surface area contributed by atoms with Gasteiger partial charge in [0.1, 0.15) is 5.82 Å². The highest BCUT2D eigenvalue weighted by Gasteiger charge is 2.14. The predicted octanol–water partition coefficient (Wildman–Crippen LogP) is 1.56. The Morgan fingerprint density at radius 2 is 2.12 bits per heavy atom. The van der Waals surface area contributed by atoms with Gasteiger partial charge in [0.15, 0.2) is 0 Å². The predicted molar refractivity (Wildman–Crippen MR) is 67.8 cm³/mol. The monoisotopic (exact) mass is 217 g/mol. The lowest BCUT2D eigenvalue weighted by Gasteiger charge is -2.33. The molecule has 3 heteroatoms. The molecule has 0 aromatic carbocycles. The largest absolute Gasteiger partial charge is 0.354 e. The van der Waals surface area contributed by atoms with Gasteiger partial charge in [-0.2, -0.15) is 0 Å². The van der Waals surface area contributed by atoms with E-state index in [4.69, 9.17) is 0 Å². The lowest BCUT2D eigenvalue weighted by atomic mass is 10.2. The first-order chi connectivity index (χ1) is 7.79. The van der Waals surface area contributed by atoms with Crippen molar-refractivity contribution in [3.63, 3.8) is 0 Å². The maximum atomic E-state index is 4.44. The average Bonchev–Trinajstić information content (AvgIpc) is 2.31. The summed E-state index contributed by atoms with van der Waals surface area (Å²) in [5.74, 6) is 1.10. The third-order valence-corrected chi connectivity index (χ3v) is 3.02. The summed E-state index contributed by atoms with van der Waals surface area (Å²) in [7, 11) is 2.17. The molecular weight excluding hydrogens is 198 g/mol. The van der Waals surface area contributed by atoms with Gasteiger partial charge in [-0.25, -0.2) is 4.98 Å². The molecule has 0 unspecified atom stereocenters. The fraction of sp³-hybridized carbons (Fsp3) is 0.462. The van der Waals surface area contributed by atoms with Crippen molar-refractivity contribution in [2.24, 2.45) is 0 Å². The third-order valence-electron chi connectivity index (χ3n) is 3.02. The van der Waals surface area contributed by atoms with Gasteiger partial charge in [-0.1, -0.05) is 6.08 Å². The third kappa shape index (κ3) is 2.61. The minimum absolute atomic E-state index is 0.920. The summed E-state index contributed by atoms with van der Waals surface area (Å²) >= 11 is 0. The van der Waals surface area contributed by atoms with E-state index >= 15 is 0 Å². The summed E-state index contributed by atoms with van der Waals surface area (Å²) in [5.41, 5.74) is 1.29. The zero-order valence-corrected chi connectivity index (χ0v) is 9.89. The van der Waals surface area contributed by atoms with Gasteiger partial charge in [0.25, 0.3) is 0 Å². The van der Waals surface area contributed by atoms with Crippen LogP contribution in [0.3, 0.4) is 0 Å². The average molecular weight is 217 g/mol. The number of nitrogens with zero attached hydrogens (tertiary/aromatic N) is 3. The molecule has 2 heterocycles. The van der Waals surface area contributed by atoms with Crippen molar-refractivity contribution in [1.29, 1.82) is 0 Å². The van der Waals surface area contributed by atoms with Gasteiger partial charge in [0, 0.05) is 32.4 Å². The van der Waals surface area contributed by atoms with Gasteiger partial charge in [-0.3, -0.25) is 0 Å². The minimum Gasteiger partial charge on any atom is -0.354 e. The van der Waals surface area contributed by atoms with Crippen molar-refractivity contribution >= 4 is 5.82 Å². The van der Waals surface area contributed by atoms with Crippen LogP contribution in [0.2, 0.25) is 0 Å². The lowest BCUT2D eigenvalue weighted by Crippen LogP contribution is -2.44. The van der Waals surface area contributed by atoms with E-state index in [0.717, 1.165) is 38.4 Å². The van der Waals surface area contributed by atoms with E-state index in [2.05, 4.69) is 40.5 Å². The van der Waals surface area contributed by atoms with Gasteiger partial charge >= 0.3 is 0 Å². The first-order valence-electron chi connectivity index (χ1n) is 5.79. The van der Waals surface area contributed by atoms with Gasteiger partial charge in [0.2, 0.25) is 0 Å². The number of hydrogen-bond acceptors (Lipinski definition) is 3. The molecule has 1 aromatic heterocycles. The molecule has 0 saturated carbocycles.